The molecule has 0 atom stereocenters. The zero-order valence-electron chi connectivity index (χ0n) is 18.5. The predicted octanol–water partition coefficient (Wildman–Crippen LogP) is 1.66. The van der Waals surface area contributed by atoms with Gasteiger partial charge in [0.15, 0.2) is 0 Å². The fourth-order valence-corrected chi connectivity index (χ4v) is 6.89. The van der Waals surface area contributed by atoms with Gasteiger partial charge in [0.05, 0.1) is 9.79 Å². The van der Waals surface area contributed by atoms with Gasteiger partial charge in [0.2, 0.25) is 20.0 Å². The van der Waals surface area contributed by atoms with Gasteiger partial charge in [-0.2, -0.15) is 8.61 Å². The molecule has 0 radical (unpaired) electrons. The Bertz CT molecular complexity index is 1200. The fourth-order valence-electron chi connectivity index (χ4n) is 3.95. The van der Waals surface area contributed by atoms with Crippen molar-refractivity contribution in [3.8, 4) is 0 Å². The van der Waals surface area contributed by atoms with Crippen LogP contribution in [-0.4, -0.2) is 82.6 Å². The lowest BCUT2D eigenvalue weighted by Gasteiger charge is -2.31. The topological polar surface area (TPSA) is 107 Å². The molecule has 2 heterocycles. The van der Waals surface area contributed by atoms with Gasteiger partial charge in [0.25, 0.3) is 5.91 Å². The lowest BCUT2D eigenvalue weighted by atomic mass is 10.2. The molecule has 0 spiro atoms. The number of benzene rings is 2. The highest BCUT2D eigenvalue weighted by atomic mass is 32.2. The molecule has 4 rings (SSSR count). The molecule has 1 N–H and O–H groups in total. The van der Waals surface area contributed by atoms with E-state index in [2.05, 4.69) is 10.2 Å². The van der Waals surface area contributed by atoms with Gasteiger partial charge in [-0.3, -0.25) is 4.79 Å². The third-order valence-corrected chi connectivity index (χ3v) is 9.86. The molecule has 2 aromatic carbocycles. The maximum Gasteiger partial charge on any atom is 0.255 e. The molecule has 2 aliphatic rings. The molecule has 0 aliphatic carbocycles. The minimum Gasteiger partial charge on any atom is -0.322 e. The van der Waals surface area contributed by atoms with E-state index in [-0.39, 0.29) is 9.79 Å². The zero-order valence-corrected chi connectivity index (χ0v) is 20.1. The summed E-state index contributed by atoms with van der Waals surface area (Å²) in [6.07, 6.45) is 1.71. The summed E-state index contributed by atoms with van der Waals surface area (Å²) in [6, 6.07) is 11.9. The van der Waals surface area contributed by atoms with Crippen molar-refractivity contribution < 1.29 is 21.6 Å². The number of nitrogens with one attached hydrogen (secondary N) is 1. The summed E-state index contributed by atoms with van der Waals surface area (Å²) in [4.78, 5) is 15.0. The number of anilines is 1. The average molecular weight is 493 g/mol. The first-order valence-corrected chi connectivity index (χ1v) is 13.8. The third-order valence-electron chi connectivity index (χ3n) is 6.03. The molecular weight excluding hydrogens is 464 g/mol. The Morgan fingerprint density at radius 2 is 1.15 bits per heavy atom. The van der Waals surface area contributed by atoms with Gasteiger partial charge in [-0.05, 0) is 68.4 Å². The zero-order chi connectivity index (χ0) is 23.6. The van der Waals surface area contributed by atoms with E-state index in [1.807, 2.05) is 7.05 Å². The van der Waals surface area contributed by atoms with Crippen molar-refractivity contribution in [2.45, 2.75) is 22.6 Å². The highest BCUT2D eigenvalue weighted by Gasteiger charge is 2.28. The van der Waals surface area contributed by atoms with E-state index in [4.69, 9.17) is 0 Å². The minimum absolute atomic E-state index is 0.166. The summed E-state index contributed by atoms with van der Waals surface area (Å²) in [5.41, 5.74) is 0.760. The number of nitrogens with zero attached hydrogens (tertiary/aromatic N) is 3. The second-order valence-electron chi connectivity index (χ2n) is 8.32. The average Bonchev–Trinajstić information content (AvgIpc) is 3.36. The van der Waals surface area contributed by atoms with Crippen molar-refractivity contribution >= 4 is 31.6 Å². The number of carbonyl (C=O) groups excluding carboxylic acids is 1. The molecule has 2 aromatic rings. The standard InChI is InChI=1S/C22H28N4O5S2/c1-24-14-16-26(17-15-24)33(30,31)21-10-6-19(7-11-21)23-22(27)18-4-8-20(9-5-18)32(28,29)25-12-2-3-13-25/h4-11H,2-3,12-17H2,1H3,(H,23,27). The number of carbonyl (C=O) groups is 1. The van der Waals surface area contributed by atoms with Crippen molar-refractivity contribution in [1.29, 1.82) is 0 Å². The molecule has 0 saturated carbocycles. The second-order valence-corrected chi connectivity index (χ2v) is 12.2. The summed E-state index contributed by atoms with van der Waals surface area (Å²) < 4.78 is 53.8. The quantitative estimate of drug-likeness (QED) is 0.657. The first-order valence-electron chi connectivity index (χ1n) is 10.9. The highest BCUT2D eigenvalue weighted by Crippen LogP contribution is 2.22. The van der Waals surface area contributed by atoms with Crippen LogP contribution in [0.15, 0.2) is 58.3 Å². The Balaban J connectivity index is 1.41. The van der Waals surface area contributed by atoms with Gasteiger partial charge in [0, 0.05) is 50.5 Å². The van der Waals surface area contributed by atoms with Crippen LogP contribution in [0.3, 0.4) is 0 Å². The number of hydrogen-bond donors (Lipinski definition) is 1. The van der Waals surface area contributed by atoms with Gasteiger partial charge < -0.3 is 10.2 Å². The van der Waals surface area contributed by atoms with Crippen LogP contribution in [0.25, 0.3) is 0 Å². The van der Waals surface area contributed by atoms with Crippen molar-refractivity contribution in [2.24, 2.45) is 0 Å². The van der Waals surface area contributed by atoms with Gasteiger partial charge in [-0.1, -0.05) is 0 Å². The van der Waals surface area contributed by atoms with Gasteiger partial charge in [0.1, 0.15) is 0 Å². The molecule has 0 unspecified atom stereocenters. The molecule has 9 nitrogen and oxygen atoms in total. The van der Waals surface area contributed by atoms with Crippen LogP contribution in [0, 0.1) is 0 Å². The highest BCUT2D eigenvalue weighted by molar-refractivity contribution is 7.89. The van der Waals surface area contributed by atoms with Gasteiger partial charge in [-0.25, -0.2) is 16.8 Å². The summed E-state index contributed by atoms with van der Waals surface area (Å²) in [5.74, 6) is -0.408. The van der Waals surface area contributed by atoms with Crippen molar-refractivity contribution in [1.82, 2.24) is 13.5 Å². The molecular formula is C22H28N4O5S2. The lowest BCUT2D eigenvalue weighted by molar-refractivity contribution is 0.102. The number of hydrogen-bond acceptors (Lipinski definition) is 6. The van der Waals surface area contributed by atoms with Gasteiger partial charge in [-0.15, -0.1) is 0 Å². The van der Waals surface area contributed by atoms with E-state index in [9.17, 15) is 21.6 Å². The molecule has 2 fully saturated rings. The van der Waals surface area contributed by atoms with Crippen LogP contribution in [0.1, 0.15) is 23.2 Å². The summed E-state index contributed by atoms with van der Waals surface area (Å²) in [5, 5.41) is 2.72. The Morgan fingerprint density at radius 1 is 0.697 bits per heavy atom. The van der Waals surface area contributed by atoms with Crippen LogP contribution in [0.5, 0.6) is 0 Å². The van der Waals surface area contributed by atoms with Crippen molar-refractivity contribution in [3.63, 3.8) is 0 Å². The summed E-state index contributed by atoms with van der Waals surface area (Å²) in [7, 11) is -5.15. The predicted molar refractivity (Wildman–Crippen MR) is 125 cm³/mol. The van der Waals surface area contributed by atoms with E-state index < -0.39 is 26.0 Å². The Hall–Kier alpha value is -2.31. The van der Waals surface area contributed by atoms with Crippen LogP contribution in [-0.2, 0) is 20.0 Å². The van der Waals surface area contributed by atoms with Crippen molar-refractivity contribution in [2.75, 3.05) is 51.6 Å². The van der Waals surface area contributed by atoms with Crippen LogP contribution in [0.2, 0.25) is 0 Å². The number of sulfonamides is 2. The Labute approximate surface area is 195 Å². The number of piperazine rings is 1. The fraction of sp³-hybridized carbons (Fsp3) is 0.409. The van der Waals surface area contributed by atoms with Crippen LogP contribution in [0.4, 0.5) is 5.69 Å². The number of amides is 1. The molecule has 33 heavy (non-hydrogen) atoms. The van der Waals surface area contributed by atoms with E-state index in [1.54, 1.807) is 12.1 Å². The van der Waals surface area contributed by atoms with E-state index in [0.29, 0.717) is 50.5 Å². The summed E-state index contributed by atoms with van der Waals surface area (Å²) >= 11 is 0. The first kappa shape index (κ1) is 23.8. The maximum atomic E-state index is 12.8. The molecule has 2 saturated heterocycles. The SMILES string of the molecule is CN1CCN(S(=O)(=O)c2ccc(NC(=O)c3ccc(S(=O)(=O)N4CCCC4)cc3)cc2)CC1. The minimum atomic E-state index is -3.58. The Morgan fingerprint density at radius 3 is 1.67 bits per heavy atom. The van der Waals surface area contributed by atoms with Crippen LogP contribution < -0.4 is 5.32 Å². The van der Waals surface area contributed by atoms with E-state index in [0.717, 1.165) is 12.8 Å². The van der Waals surface area contributed by atoms with Crippen molar-refractivity contribution in [3.05, 3.63) is 54.1 Å². The normalized spacial score (nSPS) is 18.9. The first-order chi connectivity index (χ1) is 15.7. The third kappa shape index (κ3) is 5.12. The maximum absolute atomic E-state index is 12.8. The largest absolute Gasteiger partial charge is 0.322 e. The second kappa shape index (κ2) is 9.51. The molecule has 0 aromatic heterocycles. The number of rotatable bonds is 6. The molecule has 178 valence electrons. The lowest BCUT2D eigenvalue weighted by Crippen LogP contribution is -2.46. The summed E-state index contributed by atoms with van der Waals surface area (Å²) in [6.45, 7) is 3.30. The molecule has 2 aliphatic heterocycles. The van der Waals surface area contributed by atoms with Gasteiger partial charge >= 0.3 is 0 Å². The number of likely N-dealkylation sites (N-methyl/N-ethyl adjacent to an activating group) is 1. The molecule has 11 heteroatoms. The molecule has 1 amide bonds. The van der Waals surface area contributed by atoms with E-state index >= 15 is 0 Å². The smallest absolute Gasteiger partial charge is 0.255 e. The molecule has 0 bridgehead atoms. The Kier molecular flexibility index (Phi) is 6.87. The van der Waals surface area contributed by atoms with Crippen LogP contribution >= 0.6 is 0 Å². The monoisotopic (exact) mass is 492 g/mol. The van der Waals surface area contributed by atoms with E-state index in [1.165, 1.54) is 45.0 Å².